The molecule has 0 aliphatic carbocycles. The first-order valence-electron chi connectivity index (χ1n) is 6.62. The van der Waals surface area contributed by atoms with Crippen LogP contribution < -0.4 is 10.2 Å². The first-order valence-corrected chi connectivity index (χ1v) is 8.10. The lowest BCUT2D eigenvalue weighted by Gasteiger charge is -2.07. The molecule has 0 saturated heterocycles. The molecule has 1 aromatic carbocycles. The van der Waals surface area contributed by atoms with E-state index in [-0.39, 0.29) is 22.5 Å². The van der Waals surface area contributed by atoms with Crippen LogP contribution in [0.25, 0.3) is 10.9 Å². The van der Waals surface area contributed by atoms with Gasteiger partial charge in [-0.05, 0) is 25.1 Å². The summed E-state index contributed by atoms with van der Waals surface area (Å²) in [6.45, 7) is 2.77. The summed E-state index contributed by atoms with van der Waals surface area (Å²) in [6, 6.07) is 3.72. The molecule has 0 aliphatic heterocycles. The van der Waals surface area contributed by atoms with Crippen LogP contribution in [0, 0.1) is 0 Å². The van der Waals surface area contributed by atoms with Crippen LogP contribution in [0.15, 0.2) is 34.1 Å². The minimum Gasteiger partial charge on any atom is -0.462 e. The summed E-state index contributed by atoms with van der Waals surface area (Å²) in [5.41, 5.74) is -0.532. The van der Waals surface area contributed by atoms with E-state index in [0.717, 1.165) is 13.0 Å². The Morgan fingerprint density at radius 1 is 1.30 bits per heavy atom. The number of benzene rings is 1. The molecule has 2 rings (SSSR count). The van der Waals surface area contributed by atoms with Crippen molar-refractivity contribution >= 4 is 32.8 Å². The van der Waals surface area contributed by atoms with Gasteiger partial charge in [0, 0.05) is 24.0 Å². The van der Waals surface area contributed by atoms with Crippen molar-refractivity contribution in [3.63, 3.8) is 0 Å². The summed E-state index contributed by atoms with van der Waals surface area (Å²) in [6.07, 6.45) is 1.21. The lowest BCUT2D eigenvalue weighted by molar-refractivity contribution is -0.117. The number of amides is 1. The zero-order valence-electron chi connectivity index (χ0n) is 12.4. The second-order valence-electron chi connectivity index (χ2n) is 4.62. The molecule has 1 heterocycles. The van der Waals surface area contributed by atoms with E-state index in [1.165, 1.54) is 18.3 Å². The Labute approximate surface area is 131 Å². The first-order chi connectivity index (χ1) is 10.8. The van der Waals surface area contributed by atoms with E-state index in [1.54, 1.807) is 11.6 Å². The normalized spacial score (nSPS) is 11.2. The Hall–Kier alpha value is -2.68. The van der Waals surface area contributed by atoms with Crippen LogP contribution in [0.4, 0.5) is 0 Å². The third-order valence-corrected chi connectivity index (χ3v) is 4.37. The summed E-state index contributed by atoms with van der Waals surface area (Å²) in [7, 11) is -4.08. The molecule has 0 aliphatic rings. The average molecular weight is 338 g/mol. The van der Waals surface area contributed by atoms with Gasteiger partial charge in [0.05, 0.1) is 11.5 Å². The van der Waals surface area contributed by atoms with Crippen molar-refractivity contribution in [3.8, 4) is 0 Å². The van der Waals surface area contributed by atoms with Gasteiger partial charge in [-0.25, -0.2) is 17.9 Å². The van der Waals surface area contributed by atoms with E-state index >= 15 is 0 Å². The van der Waals surface area contributed by atoms with Gasteiger partial charge in [0.25, 0.3) is 10.0 Å². The number of esters is 1. The number of pyridine rings is 1. The van der Waals surface area contributed by atoms with Gasteiger partial charge in [-0.15, -0.1) is 0 Å². The molecule has 0 saturated carbocycles. The maximum absolute atomic E-state index is 12.3. The topological polar surface area (TPSA) is 122 Å². The molecule has 23 heavy (non-hydrogen) atoms. The number of carbonyl (C=O) groups excluding carboxylic acids is 2. The molecular weight excluding hydrogens is 324 g/mol. The van der Waals surface area contributed by atoms with Gasteiger partial charge < -0.3 is 9.72 Å². The minimum absolute atomic E-state index is 0.00183. The average Bonchev–Trinajstić information content (AvgIpc) is 2.46. The fraction of sp³-hybridized carbons (Fsp3) is 0.214. The highest BCUT2D eigenvalue weighted by Crippen LogP contribution is 2.15. The van der Waals surface area contributed by atoms with Gasteiger partial charge >= 0.3 is 5.97 Å². The molecule has 0 unspecified atom stereocenters. The maximum Gasteiger partial charge on any atom is 0.343 e. The van der Waals surface area contributed by atoms with Crippen LogP contribution in [0.2, 0.25) is 0 Å². The van der Waals surface area contributed by atoms with E-state index in [4.69, 9.17) is 4.74 Å². The molecule has 0 atom stereocenters. The van der Waals surface area contributed by atoms with Crippen LogP contribution in [-0.4, -0.2) is 31.9 Å². The molecule has 0 spiro atoms. The largest absolute Gasteiger partial charge is 0.462 e. The number of hydrogen-bond donors (Lipinski definition) is 2. The fourth-order valence-electron chi connectivity index (χ4n) is 1.97. The van der Waals surface area contributed by atoms with Crippen molar-refractivity contribution in [2.75, 3.05) is 6.61 Å². The highest BCUT2D eigenvalue weighted by Gasteiger charge is 2.19. The Morgan fingerprint density at radius 3 is 2.61 bits per heavy atom. The van der Waals surface area contributed by atoms with Crippen LogP contribution in [0.3, 0.4) is 0 Å². The van der Waals surface area contributed by atoms with E-state index in [0.29, 0.717) is 5.52 Å². The molecule has 2 aromatic rings. The SMILES string of the molecule is CCOC(=O)c1c[nH]c2ccc(S(=O)(=O)NC(C)=O)cc2c1=O. The number of fused-ring (bicyclic) bond motifs is 1. The van der Waals surface area contributed by atoms with Crippen LogP contribution in [0.1, 0.15) is 24.2 Å². The number of rotatable bonds is 4. The van der Waals surface area contributed by atoms with Crippen molar-refractivity contribution < 1.29 is 22.7 Å². The molecule has 1 amide bonds. The lowest BCUT2D eigenvalue weighted by Crippen LogP contribution is -2.28. The van der Waals surface area contributed by atoms with E-state index < -0.39 is 27.3 Å². The number of nitrogens with one attached hydrogen (secondary N) is 2. The van der Waals surface area contributed by atoms with Crippen molar-refractivity contribution in [2.45, 2.75) is 18.7 Å². The van der Waals surface area contributed by atoms with E-state index in [1.807, 2.05) is 0 Å². The van der Waals surface area contributed by atoms with Gasteiger partial charge in [-0.3, -0.25) is 9.59 Å². The summed E-state index contributed by atoms with van der Waals surface area (Å²) in [5.74, 6) is -1.55. The second-order valence-corrected chi connectivity index (χ2v) is 6.30. The van der Waals surface area contributed by atoms with Gasteiger partial charge in [-0.2, -0.15) is 0 Å². The molecule has 0 fully saturated rings. The van der Waals surface area contributed by atoms with Gasteiger partial charge in [-0.1, -0.05) is 0 Å². The monoisotopic (exact) mass is 338 g/mol. The third kappa shape index (κ3) is 3.39. The number of ether oxygens (including phenoxy) is 1. The van der Waals surface area contributed by atoms with Crippen LogP contribution >= 0.6 is 0 Å². The predicted octanol–water partition coefficient (Wildman–Crippen LogP) is 0.530. The molecule has 9 heteroatoms. The lowest BCUT2D eigenvalue weighted by atomic mass is 10.1. The predicted molar refractivity (Wildman–Crippen MR) is 81.5 cm³/mol. The summed E-state index contributed by atoms with van der Waals surface area (Å²) in [4.78, 5) is 37.5. The Bertz CT molecular complexity index is 945. The van der Waals surface area contributed by atoms with Gasteiger partial charge in [0.2, 0.25) is 11.3 Å². The summed E-state index contributed by atoms with van der Waals surface area (Å²) < 4.78 is 30.5. The number of carbonyl (C=O) groups is 2. The number of aromatic nitrogens is 1. The molecule has 2 N–H and O–H groups in total. The summed E-state index contributed by atoms with van der Waals surface area (Å²) in [5, 5.41) is 0.00183. The fourth-order valence-corrected chi connectivity index (χ4v) is 2.99. The van der Waals surface area contributed by atoms with Crippen LogP contribution in [-0.2, 0) is 19.6 Å². The Kier molecular flexibility index (Phi) is 4.50. The third-order valence-electron chi connectivity index (χ3n) is 2.94. The second kappa shape index (κ2) is 6.21. The molecule has 8 nitrogen and oxygen atoms in total. The molecule has 122 valence electrons. The van der Waals surface area contributed by atoms with E-state index in [9.17, 15) is 22.8 Å². The quantitative estimate of drug-likeness (QED) is 0.784. The van der Waals surface area contributed by atoms with Crippen molar-refractivity contribution in [2.24, 2.45) is 0 Å². The van der Waals surface area contributed by atoms with Crippen molar-refractivity contribution in [1.29, 1.82) is 0 Å². The van der Waals surface area contributed by atoms with Gasteiger partial charge in [0.15, 0.2) is 0 Å². The van der Waals surface area contributed by atoms with E-state index in [2.05, 4.69) is 4.98 Å². The molecular formula is C14H14N2O6S. The number of sulfonamides is 1. The number of aromatic amines is 1. The van der Waals surface area contributed by atoms with Crippen LogP contribution in [0.5, 0.6) is 0 Å². The van der Waals surface area contributed by atoms with Gasteiger partial charge in [0.1, 0.15) is 5.56 Å². The summed E-state index contributed by atoms with van der Waals surface area (Å²) >= 11 is 0. The minimum atomic E-state index is -4.08. The molecule has 1 aromatic heterocycles. The number of H-pyrrole nitrogens is 1. The maximum atomic E-state index is 12.3. The first kappa shape index (κ1) is 16.7. The Morgan fingerprint density at radius 2 is 2.00 bits per heavy atom. The highest BCUT2D eigenvalue weighted by atomic mass is 32.2. The van der Waals surface area contributed by atoms with Crippen molar-refractivity contribution in [1.82, 2.24) is 9.71 Å². The standard InChI is InChI=1S/C14H14N2O6S/c1-3-22-14(19)11-7-15-12-5-4-9(6-10(12)13(11)18)23(20,21)16-8(2)17/h4-7H,3H2,1-2H3,(H,15,18)(H,16,17). The highest BCUT2D eigenvalue weighted by molar-refractivity contribution is 7.90. The molecule has 0 radical (unpaired) electrons. The zero-order valence-corrected chi connectivity index (χ0v) is 13.2. The Balaban J connectivity index is 2.63. The number of hydrogen-bond acceptors (Lipinski definition) is 6. The molecule has 0 bridgehead atoms. The van der Waals surface area contributed by atoms with Crippen molar-refractivity contribution in [3.05, 3.63) is 40.2 Å². The zero-order chi connectivity index (χ0) is 17.2. The smallest absolute Gasteiger partial charge is 0.343 e.